The fraction of sp³-hybridized carbons (Fsp3) is 0.167. The maximum atomic E-state index is 12.7. The highest BCUT2D eigenvalue weighted by Crippen LogP contribution is 2.26. The molecule has 2 aromatic heterocycles. The lowest BCUT2D eigenvalue weighted by atomic mass is 10.0. The third kappa shape index (κ3) is 4.21. The summed E-state index contributed by atoms with van der Waals surface area (Å²) in [4.78, 5) is 17.5. The van der Waals surface area contributed by atoms with Crippen LogP contribution in [0.5, 0.6) is 0 Å². The standard InChI is InChI=1S/C24H20BrN5O/c1-14-8-16(3)23-20(9-14)15(2)10-21(28-23)30-24(18(12-26)13-27-30)29-22(31)11-17-4-6-19(25)7-5-17/h4-10,13H,11H2,1-3H3,(H,29,31). The molecule has 4 aromatic rings. The van der Waals surface area contributed by atoms with Gasteiger partial charge in [0.15, 0.2) is 11.6 Å². The number of benzene rings is 2. The van der Waals surface area contributed by atoms with Crippen molar-refractivity contribution >= 4 is 38.6 Å². The van der Waals surface area contributed by atoms with E-state index in [-0.39, 0.29) is 17.9 Å². The molecular weight excluding hydrogens is 454 g/mol. The first-order chi connectivity index (χ1) is 14.9. The SMILES string of the molecule is Cc1cc(C)c2nc(-n3ncc(C#N)c3NC(=O)Cc3ccc(Br)cc3)cc(C)c2c1. The van der Waals surface area contributed by atoms with Gasteiger partial charge in [-0.1, -0.05) is 39.7 Å². The van der Waals surface area contributed by atoms with Gasteiger partial charge in [-0.25, -0.2) is 4.98 Å². The van der Waals surface area contributed by atoms with Crippen LogP contribution in [0.2, 0.25) is 0 Å². The minimum atomic E-state index is -0.232. The molecule has 1 amide bonds. The number of carbonyl (C=O) groups is 1. The van der Waals surface area contributed by atoms with E-state index in [4.69, 9.17) is 4.98 Å². The molecule has 0 aliphatic carbocycles. The Balaban J connectivity index is 1.72. The molecule has 0 aliphatic heterocycles. The molecule has 31 heavy (non-hydrogen) atoms. The number of halogens is 1. The number of anilines is 1. The van der Waals surface area contributed by atoms with Gasteiger partial charge in [0.25, 0.3) is 0 Å². The zero-order valence-electron chi connectivity index (χ0n) is 17.4. The van der Waals surface area contributed by atoms with Crippen molar-refractivity contribution in [2.75, 3.05) is 5.32 Å². The number of hydrogen-bond acceptors (Lipinski definition) is 4. The van der Waals surface area contributed by atoms with Crippen LogP contribution in [0.1, 0.15) is 27.8 Å². The number of nitrogens with zero attached hydrogens (tertiary/aromatic N) is 4. The molecule has 7 heteroatoms. The Hall–Kier alpha value is -3.50. The van der Waals surface area contributed by atoms with Crippen molar-refractivity contribution in [3.05, 3.63) is 81.0 Å². The maximum Gasteiger partial charge on any atom is 0.229 e. The van der Waals surface area contributed by atoms with Crippen molar-refractivity contribution in [3.8, 4) is 11.9 Å². The number of carbonyl (C=O) groups excluding carboxylic acids is 1. The number of aryl methyl sites for hydroxylation is 3. The highest BCUT2D eigenvalue weighted by atomic mass is 79.9. The Kier molecular flexibility index (Phi) is 5.57. The van der Waals surface area contributed by atoms with E-state index in [2.05, 4.69) is 51.5 Å². The van der Waals surface area contributed by atoms with Crippen LogP contribution in [0.25, 0.3) is 16.7 Å². The van der Waals surface area contributed by atoms with Crippen molar-refractivity contribution < 1.29 is 4.79 Å². The number of hydrogen-bond donors (Lipinski definition) is 1. The highest BCUT2D eigenvalue weighted by Gasteiger charge is 2.17. The summed E-state index contributed by atoms with van der Waals surface area (Å²) in [6, 6.07) is 15.8. The quantitative estimate of drug-likeness (QED) is 0.443. The Labute approximate surface area is 188 Å². The topological polar surface area (TPSA) is 83.6 Å². The van der Waals surface area contributed by atoms with E-state index >= 15 is 0 Å². The minimum Gasteiger partial charge on any atom is -0.309 e. The first kappa shape index (κ1) is 20.8. The zero-order valence-corrected chi connectivity index (χ0v) is 19.0. The summed E-state index contributed by atoms with van der Waals surface area (Å²) in [5.74, 6) is 0.642. The van der Waals surface area contributed by atoms with E-state index < -0.39 is 0 Å². The number of rotatable bonds is 4. The zero-order chi connectivity index (χ0) is 22.1. The lowest BCUT2D eigenvalue weighted by Crippen LogP contribution is -2.18. The van der Waals surface area contributed by atoms with E-state index in [1.807, 2.05) is 44.2 Å². The molecular formula is C24H20BrN5O. The minimum absolute atomic E-state index is 0.186. The molecule has 0 atom stereocenters. The molecule has 2 heterocycles. The predicted octanol–water partition coefficient (Wildman–Crippen LogP) is 5.16. The van der Waals surface area contributed by atoms with E-state index in [1.165, 1.54) is 16.4 Å². The summed E-state index contributed by atoms with van der Waals surface area (Å²) in [6.45, 7) is 6.11. The number of fused-ring (bicyclic) bond motifs is 1. The average molecular weight is 474 g/mol. The van der Waals surface area contributed by atoms with Crippen LogP contribution in [-0.2, 0) is 11.2 Å². The lowest BCUT2D eigenvalue weighted by Gasteiger charge is -2.13. The van der Waals surface area contributed by atoms with Crippen molar-refractivity contribution in [2.45, 2.75) is 27.2 Å². The normalized spacial score (nSPS) is 10.8. The Bertz CT molecular complexity index is 1350. The van der Waals surface area contributed by atoms with Gasteiger partial charge in [0, 0.05) is 9.86 Å². The fourth-order valence-corrected chi connectivity index (χ4v) is 3.89. The van der Waals surface area contributed by atoms with Gasteiger partial charge >= 0.3 is 0 Å². The Morgan fingerprint density at radius 1 is 1.13 bits per heavy atom. The Morgan fingerprint density at radius 2 is 1.87 bits per heavy atom. The van der Waals surface area contributed by atoms with E-state index in [9.17, 15) is 10.1 Å². The van der Waals surface area contributed by atoms with Crippen molar-refractivity contribution in [1.29, 1.82) is 5.26 Å². The van der Waals surface area contributed by atoms with Crippen LogP contribution in [0.15, 0.2) is 53.1 Å². The molecule has 0 unspecified atom stereocenters. The van der Waals surface area contributed by atoms with Crippen LogP contribution in [0, 0.1) is 32.1 Å². The molecule has 2 aromatic carbocycles. The second kappa shape index (κ2) is 8.32. The van der Waals surface area contributed by atoms with Gasteiger partial charge in [0.05, 0.1) is 18.1 Å². The van der Waals surface area contributed by atoms with E-state index in [1.54, 1.807) is 0 Å². The third-order valence-corrected chi connectivity index (χ3v) is 5.61. The molecule has 0 aliphatic rings. The number of aromatic nitrogens is 3. The second-order valence-corrected chi connectivity index (χ2v) is 8.47. The molecule has 0 bridgehead atoms. The summed E-state index contributed by atoms with van der Waals surface area (Å²) in [5, 5.41) is 17.8. The van der Waals surface area contributed by atoms with Crippen molar-refractivity contribution in [2.24, 2.45) is 0 Å². The molecule has 1 N–H and O–H groups in total. The van der Waals surface area contributed by atoms with Gasteiger partial charge in [-0.3, -0.25) is 4.79 Å². The summed E-state index contributed by atoms with van der Waals surface area (Å²) in [5.41, 5.74) is 5.32. The molecule has 0 radical (unpaired) electrons. The van der Waals surface area contributed by atoms with Gasteiger partial charge in [-0.15, -0.1) is 0 Å². The van der Waals surface area contributed by atoms with Crippen LogP contribution >= 0.6 is 15.9 Å². The predicted molar refractivity (Wildman–Crippen MR) is 124 cm³/mol. The maximum absolute atomic E-state index is 12.7. The van der Waals surface area contributed by atoms with Gasteiger partial charge in [-0.05, 0) is 61.7 Å². The third-order valence-electron chi connectivity index (χ3n) is 5.08. The molecule has 4 rings (SSSR count). The molecule has 6 nitrogen and oxygen atoms in total. The van der Waals surface area contributed by atoms with E-state index in [0.29, 0.717) is 11.6 Å². The molecule has 0 fully saturated rings. The van der Waals surface area contributed by atoms with Crippen LogP contribution < -0.4 is 5.32 Å². The number of pyridine rings is 1. The molecule has 0 saturated carbocycles. The van der Waals surface area contributed by atoms with Crippen LogP contribution in [0.3, 0.4) is 0 Å². The highest BCUT2D eigenvalue weighted by molar-refractivity contribution is 9.10. The Morgan fingerprint density at radius 3 is 2.58 bits per heavy atom. The molecule has 154 valence electrons. The van der Waals surface area contributed by atoms with E-state index in [0.717, 1.165) is 32.1 Å². The summed E-state index contributed by atoms with van der Waals surface area (Å²) in [7, 11) is 0. The number of nitriles is 1. The largest absolute Gasteiger partial charge is 0.309 e. The monoisotopic (exact) mass is 473 g/mol. The average Bonchev–Trinajstić information content (AvgIpc) is 3.12. The molecule has 0 saturated heterocycles. The number of nitrogens with one attached hydrogen (secondary N) is 1. The summed E-state index contributed by atoms with van der Waals surface area (Å²) in [6.07, 6.45) is 1.63. The first-order valence-electron chi connectivity index (χ1n) is 9.77. The van der Waals surface area contributed by atoms with Gasteiger partial charge < -0.3 is 5.32 Å². The van der Waals surface area contributed by atoms with Gasteiger partial charge in [-0.2, -0.15) is 15.0 Å². The first-order valence-corrected chi connectivity index (χ1v) is 10.6. The second-order valence-electron chi connectivity index (χ2n) is 7.56. The van der Waals surface area contributed by atoms with Crippen molar-refractivity contribution in [3.63, 3.8) is 0 Å². The van der Waals surface area contributed by atoms with Gasteiger partial charge in [0.2, 0.25) is 5.91 Å². The lowest BCUT2D eigenvalue weighted by molar-refractivity contribution is -0.115. The smallest absolute Gasteiger partial charge is 0.229 e. The molecule has 0 spiro atoms. The number of amides is 1. The van der Waals surface area contributed by atoms with Crippen molar-refractivity contribution in [1.82, 2.24) is 14.8 Å². The van der Waals surface area contributed by atoms with Crippen LogP contribution in [-0.4, -0.2) is 20.7 Å². The van der Waals surface area contributed by atoms with Crippen LogP contribution in [0.4, 0.5) is 5.82 Å². The van der Waals surface area contributed by atoms with Gasteiger partial charge in [0.1, 0.15) is 11.6 Å². The summed E-state index contributed by atoms with van der Waals surface area (Å²) >= 11 is 3.39. The summed E-state index contributed by atoms with van der Waals surface area (Å²) < 4.78 is 2.47. The fourth-order valence-electron chi connectivity index (χ4n) is 3.62.